The Morgan fingerprint density at radius 2 is 1.80 bits per heavy atom. The SMILES string of the molecule is CNc1nc(NCCc2ccccc2C)c(F)cc1F. The minimum absolute atomic E-state index is 0.0322. The number of aryl methyl sites for hydroxylation is 1. The monoisotopic (exact) mass is 277 g/mol. The highest BCUT2D eigenvalue weighted by Crippen LogP contribution is 2.18. The number of pyridine rings is 1. The van der Waals surface area contributed by atoms with E-state index in [0.717, 1.165) is 12.5 Å². The van der Waals surface area contributed by atoms with Crippen LogP contribution in [0.3, 0.4) is 0 Å². The van der Waals surface area contributed by atoms with Crippen LogP contribution in [0.5, 0.6) is 0 Å². The van der Waals surface area contributed by atoms with Gasteiger partial charge in [0, 0.05) is 19.7 Å². The van der Waals surface area contributed by atoms with Crippen molar-refractivity contribution in [3.8, 4) is 0 Å². The van der Waals surface area contributed by atoms with Gasteiger partial charge in [-0.1, -0.05) is 24.3 Å². The highest BCUT2D eigenvalue weighted by molar-refractivity contribution is 5.47. The molecule has 20 heavy (non-hydrogen) atoms. The molecule has 0 saturated carbocycles. The third-order valence-corrected chi connectivity index (χ3v) is 3.11. The lowest BCUT2D eigenvalue weighted by Crippen LogP contribution is -2.10. The van der Waals surface area contributed by atoms with Gasteiger partial charge in [0.05, 0.1) is 0 Å². The number of hydrogen-bond donors (Lipinski definition) is 2. The molecule has 0 aliphatic heterocycles. The molecule has 2 rings (SSSR count). The zero-order valence-corrected chi connectivity index (χ0v) is 11.5. The van der Waals surface area contributed by atoms with Crippen LogP contribution >= 0.6 is 0 Å². The number of nitrogens with zero attached hydrogens (tertiary/aromatic N) is 1. The predicted octanol–water partition coefficient (Wildman–Crippen LogP) is 3.36. The van der Waals surface area contributed by atoms with Crippen molar-refractivity contribution in [2.75, 3.05) is 24.2 Å². The number of benzene rings is 1. The van der Waals surface area contributed by atoms with Gasteiger partial charge >= 0.3 is 0 Å². The number of nitrogens with one attached hydrogen (secondary N) is 2. The Labute approximate surface area is 117 Å². The van der Waals surface area contributed by atoms with E-state index in [9.17, 15) is 8.78 Å². The summed E-state index contributed by atoms with van der Waals surface area (Å²) < 4.78 is 26.9. The maximum absolute atomic E-state index is 13.6. The second kappa shape index (κ2) is 6.32. The fourth-order valence-corrected chi connectivity index (χ4v) is 1.97. The molecule has 0 amide bonds. The van der Waals surface area contributed by atoms with Crippen LogP contribution < -0.4 is 10.6 Å². The maximum Gasteiger partial charge on any atom is 0.168 e. The summed E-state index contributed by atoms with van der Waals surface area (Å²) in [6.45, 7) is 2.56. The molecule has 0 radical (unpaired) electrons. The molecule has 0 bridgehead atoms. The molecule has 1 aromatic carbocycles. The summed E-state index contributed by atoms with van der Waals surface area (Å²) in [7, 11) is 1.54. The fourth-order valence-electron chi connectivity index (χ4n) is 1.97. The quantitative estimate of drug-likeness (QED) is 0.880. The third kappa shape index (κ3) is 3.23. The van der Waals surface area contributed by atoms with Crippen molar-refractivity contribution in [1.29, 1.82) is 0 Å². The summed E-state index contributed by atoms with van der Waals surface area (Å²) in [6, 6.07) is 8.84. The van der Waals surface area contributed by atoms with Crippen LogP contribution in [0.1, 0.15) is 11.1 Å². The number of halogens is 2. The Morgan fingerprint density at radius 1 is 1.10 bits per heavy atom. The van der Waals surface area contributed by atoms with Gasteiger partial charge in [-0.05, 0) is 24.5 Å². The standard InChI is InChI=1S/C15H17F2N3/c1-10-5-3-4-6-11(10)7-8-19-15-13(17)9-12(16)14(18-2)20-15/h3-6,9H,7-8H2,1-2H3,(H2,18,19,20). The van der Waals surface area contributed by atoms with E-state index in [1.165, 1.54) is 11.1 Å². The third-order valence-electron chi connectivity index (χ3n) is 3.11. The van der Waals surface area contributed by atoms with Crippen LogP contribution in [-0.4, -0.2) is 18.6 Å². The van der Waals surface area contributed by atoms with Crippen molar-refractivity contribution in [3.63, 3.8) is 0 Å². The number of anilines is 2. The topological polar surface area (TPSA) is 37.0 Å². The molecule has 1 heterocycles. The first-order chi connectivity index (χ1) is 9.61. The normalized spacial score (nSPS) is 10.4. The van der Waals surface area contributed by atoms with Crippen LogP contribution in [0.4, 0.5) is 20.4 Å². The van der Waals surface area contributed by atoms with Gasteiger partial charge in [0.2, 0.25) is 0 Å². The molecule has 1 aromatic heterocycles. The van der Waals surface area contributed by atoms with E-state index < -0.39 is 11.6 Å². The summed E-state index contributed by atoms with van der Waals surface area (Å²) in [5.74, 6) is -1.30. The van der Waals surface area contributed by atoms with Crippen molar-refractivity contribution < 1.29 is 8.78 Å². The highest BCUT2D eigenvalue weighted by Gasteiger charge is 2.10. The van der Waals surface area contributed by atoms with Crippen LogP contribution in [0.2, 0.25) is 0 Å². The van der Waals surface area contributed by atoms with Gasteiger partial charge in [-0.2, -0.15) is 0 Å². The van der Waals surface area contributed by atoms with Crippen LogP contribution in [0.15, 0.2) is 30.3 Å². The second-order valence-electron chi connectivity index (χ2n) is 4.50. The van der Waals surface area contributed by atoms with Gasteiger partial charge in [0.1, 0.15) is 0 Å². The van der Waals surface area contributed by atoms with Gasteiger partial charge in [-0.3, -0.25) is 0 Å². The number of rotatable bonds is 5. The molecule has 5 heteroatoms. The fraction of sp³-hybridized carbons (Fsp3) is 0.267. The predicted molar refractivity (Wildman–Crippen MR) is 77.1 cm³/mol. The van der Waals surface area contributed by atoms with Gasteiger partial charge in [-0.15, -0.1) is 0 Å². The minimum atomic E-state index is -0.700. The number of hydrogen-bond acceptors (Lipinski definition) is 3. The van der Waals surface area contributed by atoms with Crippen LogP contribution in [-0.2, 0) is 6.42 Å². The molecule has 0 saturated heterocycles. The van der Waals surface area contributed by atoms with Gasteiger partial charge < -0.3 is 10.6 Å². The molecule has 0 fully saturated rings. The molecule has 2 aromatic rings. The highest BCUT2D eigenvalue weighted by atomic mass is 19.1. The zero-order valence-electron chi connectivity index (χ0n) is 11.5. The van der Waals surface area contributed by atoms with E-state index >= 15 is 0 Å². The van der Waals surface area contributed by atoms with E-state index in [1.54, 1.807) is 7.05 Å². The molecule has 3 nitrogen and oxygen atoms in total. The first-order valence-corrected chi connectivity index (χ1v) is 6.44. The van der Waals surface area contributed by atoms with Crippen molar-refractivity contribution in [2.45, 2.75) is 13.3 Å². The molecular weight excluding hydrogens is 260 g/mol. The average Bonchev–Trinajstić information content (AvgIpc) is 2.43. The Bertz CT molecular complexity index is 600. The lowest BCUT2D eigenvalue weighted by Gasteiger charge is -2.10. The minimum Gasteiger partial charge on any atom is -0.371 e. The summed E-state index contributed by atoms with van der Waals surface area (Å²) in [5, 5.41) is 5.49. The summed E-state index contributed by atoms with van der Waals surface area (Å²) >= 11 is 0. The molecule has 106 valence electrons. The van der Waals surface area contributed by atoms with Crippen LogP contribution in [0, 0.1) is 18.6 Å². The van der Waals surface area contributed by atoms with E-state index in [0.29, 0.717) is 6.54 Å². The Kier molecular flexibility index (Phi) is 4.50. The molecule has 0 aliphatic rings. The first kappa shape index (κ1) is 14.2. The summed E-state index contributed by atoms with van der Waals surface area (Å²) in [6.07, 6.45) is 0.750. The Balaban J connectivity index is 2.03. The Morgan fingerprint density at radius 3 is 2.50 bits per heavy atom. The maximum atomic E-state index is 13.6. The van der Waals surface area contributed by atoms with E-state index in [4.69, 9.17) is 0 Å². The molecular formula is C15H17F2N3. The van der Waals surface area contributed by atoms with Gasteiger partial charge in [-0.25, -0.2) is 13.8 Å². The van der Waals surface area contributed by atoms with Gasteiger partial charge in [0.25, 0.3) is 0 Å². The average molecular weight is 277 g/mol. The lowest BCUT2D eigenvalue weighted by molar-refractivity contribution is 0.578. The molecule has 2 N–H and O–H groups in total. The van der Waals surface area contributed by atoms with Crippen molar-refractivity contribution >= 4 is 11.6 Å². The van der Waals surface area contributed by atoms with E-state index in [-0.39, 0.29) is 11.6 Å². The largest absolute Gasteiger partial charge is 0.371 e. The summed E-state index contributed by atoms with van der Waals surface area (Å²) in [5.41, 5.74) is 2.38. The van der Waals surface area contributed by atoms with Crippen molar-refractivity contribution in [1.82, 2.24) is 4.98 Å². The van der Waals surface area contributed by atoms with Crippen LogP contribution in [0.25, 0.3) is 0 Å². The smallest absolute Gasteiger partial charge is 0.168 e. The van der Waals surface area contributed by atoms with Crippen molar-refractivity contribution in [3.05, 3.63) is 53.1 Å². The zero-order chi connectivity index (χ0) is 14.5. The van der Waals surface area contributed by atoms with Crippen molar-refractivity contribution in [2.24, 2.45) is 0 Å². The lowest BCUT2D eigenvalue weighted by atomic mass is 10.1. The molecule has 0 unspecified atom stereocenters. The summed E-state index contributed by atoms with van der Waals surface area (Å²) in [4.78, 5) is 3.87. The second-order valence-corrected chi connectivity index (χ2v) is 4.50. The Hall–Kier alpha value is -2.17. The first-order valence-electron chi connectivity index (χ1n) is 6.44. The van der Waals surface area contributed by atoms with E-state index in [2.05, 4.69) is 15.6 Å². The molecule has 0 aliphatic carbocycles. The van der Waals surface area contributed by atoms with Gasteiger partial charge in [0.15, 0.2) is 23.3 Å². The molecule has 0 spiro atoms. The number of aromatic nitrogens is 1. The molecule has 0 atom stereocenters. The van der Waals surface area contributed by atoms with E-state index in [1.807, 2.05) is 31.2 Å².